The number of hydrogen-bond acceptors (Lipinski definition) is 5. The van der Waals surface area contributed by atoms with Crippen LogP contribution >= 0.6 is 0 Å². The molecule has 0 radical (unpaired) electrons. The van der Waals surface area contributed by atoms with Gasteiger partial charge < -0.3 is 24.7 Å². The minimum absolute atomic E-state index is 0.141. The number of benzene rings is 2. The fourth-order valence-corrected chi connectivity index (χ4v) is 2.75. The zero-order chi connectivity index (χ0) is 21.9. The lowest BCUT2D eigenvalue weighted by atomic mass is 10.3. The summed E-state index contributed by atoms with van der Waals surface area (Å²) in [7, 11) is 1.90. The molecule has 3 aromatic rings. The van der Waals surface area contributed by atoms with E-state index in [0.717, 1.165) is 29.4 Å². The molecule has 31 heavy (non-hydrogen) atoms. The van der Waals surface area contributed by atoms with Crippen molar-refractivity contribution in [2.45, 2.75) is 32.9 Å². The molecule has 0 unspecified atom stereocenters. The van der Waals surface area contributed by atoms with Crippen molar-refractivity contribution in [2.75, 3.05) is 18.5 Å². The number of guanidine groups is 1. The van der Waals surface area contributed by atoms with Crippen molar-refractivity contribution in [3.05, 3.63) is 66.7 Å². The van der Waals surface area contributed by atoms with E-state index in [0.29, 0.717) is 25.7 Å². The number of rotatable bonds is 10. The molecule has 1 heterocycles. The van der Waals surface area contributed by atoms with Crippen LogP contribution in [0.25, 0.3) is 0 Å². The molecular weight excluding hydrogens is 392 g/mol. The van der Waals surface area contributed by atoms with Gasteiger partial charge in [-0.1, -0.05) is 18.2 Å². The van der Waals surface area contributed by atoms with E-state index >= 15 is 0 Å². The van der Waals surface area contributed by atoms with Crippen molar-refractivity contribution in [3.63, 3.8) is 0 Å². The monoisotopic (exact) mass is 422 g/mol. The number of aliphatic imine (C=N–C) groups is 1. The van der Waals surface area contributed by atoms with Gasteiger partial charge in [-0.15, -0.1) is 10.2 Å². The highest BCUT2D eigenvalue weighted by Gasteiger charge is 2.05. The molecule has 0 aliphatic carbocycles. The van der Waals surface area contributed by atoms with Crippen LogP contribution in [0.2, 0.25) is 0 Å². The largest absolute Gasteiger partial charge is 0.494 e. The van der Waals surface area contributed by atoms with Crippen LogP contribution in [0.1, 0.15) is 26.1 Å². The molecule has 0 aliphatic heterocycles. The van der Waals surface area contributed by atoms with E-state index in [2.05, 4.69) is 25.8 Å². The summed E-state index contributed by atoms with van der Waals surface area (Å²) in [6, 6.07) is 17.6. The van der Waals surface area contributed by atoms with Crippen molar-refractivity contribution >= 4 is 11.6 Å². The highest BCUT2D eigenvalue weighted by Crippen LogP contribution is 2.17. The molecule has 164 valence electrons. The standard InChI is InChI=1S/C23H30N6O2/c1-18(2)31-21-12-10-19(11-13-21)27-23(25-16-22-28-26-17-29(22)3)24-14-7-15-30-20-8-5-4-6-9-20/h4-6,8-13,17-18H,7,14-16H2,1-3H3,(H2,24,25,27). The quantitative estimate of drug-likeness (QED) is 0.295. The van der Waals surface area contributed by atoms with Crippen LogP contribution in [-0.4, -0.2) is 40.0 Å². The summed E-state index contributed by atoms with van der Waals surface area (Å²) in [5, 5.41) is 14.7. The van der Waals surface area contributed by atoms with Crippen LogP contribution in [0, 0.1) is 0 Å². The van der Waals surface area contributed by atoms with Gasteiger partial charge in [-0.2, -0.15) is 0 Å². The van der Waals surface area contributed by atoms with E-state index in [1.807, 2.05) is 80.1 Å². The van der Waals surface area contributed by atoms with Gasteiger partial charge in [0, 0.05) is 19.3 Å². The van der Waals surface area contributed by atoms with E-state index in [9.17, 15) is 0 Å². The van der Waals surface area contributed by atoms with Crippen LogP contribution < -0.4 is 20.1 Å². The molecule has 0 saturated heterocycles. The second-order valence-electron chi connectivity index (χ2n) is 7.28. The van der Waals surface area contributed by atoms with Crippen molar-refractivity contribution in [2.24, 2.45) is 12.0 Å². The molecule has 1 aromatic heterocycles. The average molecular weight is 423 g/mol. The summed E-state index contributed by atoms with van der Waals surface area (Å²) in [6.45, 7) is 5.77. The fourth-order valence-electron chi connectivity index (χ4n) is 2.75. The SMILES string of the molecule is CC(C)Oc1ccc(NC(=NCc2nncn2C)NCCCOc2ccccc2)cc1. The minimum atomic E-state index is 0.141. The lowest BCUT2D eigenvalue weighted by molar-refractivity contribution is 0.242. The summed E-state index contributed by atoms with van der Waals surface area (Å²) in [4.78, 5) is 4.65. The van der Waals surface area contributed by atoms with Crippen molar-refractivity contribution < 1.29 is 9.47 Å². The molecule has 8 nitrogen and oxygen atoms in total. The molecule has 0 spiro atoms. The Bertz CT molecular complexity index is 938. The second-order valence-corrected chi connectivity index (χ2v) is 7.28. The van der Waals surface area contributed by atoms with Crippen LogP contribution in [0.3, 0.4) is 0 Å². The predicted octanol–water partition coefficient (Wildman–Crippen LogP) is 3.63. The molecule has 0 aliphatic rings. The Kier molecular flexibility index (Phi) is 8.28. The van der Waals surface area contributed by atoms with Gasteiger partial charge in [0.1, 0.15) is 24.4 Å². The van der Waals surface area contributed by atoms with Gasteiger partial charge in [0.25, 0.3) is 0 Å². The van der Waals surface area contributed by atoms with E-state index < -0.39 is 0 Å². The topological polar surface area (TPSA) is 85.6 Å². The Hall–Kier alpha value is -3.55. The number of anilines is 1. The first kappa shape index (κ1) is 22.1. The molecule has 0 saturated carbocycles. The van der Waals surface area contributed by atoms with Crippen molar-refractivity contribution in [3.8, 4) is 11.5 Å². The molecule has 8 heteroatoms. The first-order chi connectivity index (χ1) is 15.1. The lowest BCUT2D eigenvalue weighted by Crippen LogP contribution is -2.32. The van der Waals surface area contributed by atoms with Gasteiger partial charge in [-0.25, -0.2) is 4.99 Å². The lowest BCUT2D eigenvalue weighted by Gasteiger charge is -2.14. The van der Waals surface area contributed by atoms with E-state index in [4.69, 9.17) is 9.47 Å². The molecule has 2 N–H and O–H groups in total. The summed E-state index contributed by atoms with van der Waals surface area (Å²) >= 11 is 0. The van der Waals surface area contributed by atoms with E-state index in [-0.39, 0.29) is 6.10 Å². The van der Waals surface area contributed by atoms with Crippen LogP contribution in [-0.2, 0) is 13.6 Å². The second kappa shape index (κ2) is 11.6. The number of hydrogen-bond donors (Lipinski definition) is 2. The fraction of sp³-hybridized carbons (Fsp3) is 0.348. The molecule has 0 atom stereocenters. The van der Waals surface area contributed by atoms with Gasteiger partial charge >= 0.3 is 0 Å². The summed E-state index contributed by atoms with van der Waals surface area (Å²) < 4.78 is 13.3. The number of nitrogens with zero attached hydrogens (tertiary/aromatic N) is 4. The van der Waals surface area contributed by atoms with Gasteiger partial charge in [0.2, 0.25) is 0 Å². The molecule has 0 amide bonds. The third-order valence-electron chi connectivity index (χ3n) is 4.30. The zero-order valence-corrected chi connectivity index (χ0v) is 18.3. The third kappa shape index (κ3) is 7.65. The van der Waals surface area contributed by atoms with E-state index in [1.54, 1.807) is 6.33 Å². The maximum atomic E-state index is 5.75. The summed E-state index contributed by atoms with van der Waals surface area (Å²) in [6.07, 6.45) is 2.64. The van der Waals surface area contributed by atoms with Crippen LogP contribution in [0.15, 0.2) is 65.9 Å². The number of para-hydroxylation sites is 1. The first-order valence-corrected chi connectivity index (χ1v) is 10.4. The Labute approximate surface area is 183 Å². The van der Waals surface area contributed by atoms with Gasteiger partial charge in [0.15, 0.2) is 11.8 Å². The molecule has 0 bridgehead atoms. The van der Waals surface area contributed by atoms with E-state index in [1.165, 1.54) is 0 Å². The van der Waals surface area contributed by atoms with Crippen LogP contribution in [0.4, 0.5) is 5.69 Å². The normalized spacial score (nSPS) is 11.4. The molecule has 3 rings (SSSR count). The van der Waals surface area contributed by atoms with Gasteiger partial charge in [-0.05, 0) is 56.7 Å². The zero-order valence-electron chi connectivity index (χ0n) is 18.3. The van der Waals surface area contributed by atoms with Crippen molar-refractivity contribution in [1.82, 2.24) is 20.1 Å². The number of nitrogens with one attached hydrogen (secondary N) is 2. The number of aryl methyl sites for hydroxylation is 1. The minimum Gasteiger partial charge on any atom is -0.494 e. The Balaban J connectivity index is 1.55. The Morgan fingerprint density at radius 3 is 2.52 bits per heavy atom. The predicted molar refractivity (Wildman–Crippen MR) is 123 cm³/mol. The number of aromatic nitrogens is 3. The Morgan fingerprint density at radius 1 is 1.06 bits per heavy atom. The van der Waals surface area contributed by atoms with Gasteiger partial charge in [0.05, 0.1) is 12.7 Å². The van der Waals surface area contributed by atoms with Crippen LogP contribution in [0.5, 0.6) is 11.5 Å². The molecule has 2 aromatic carbocycles. The first-order valence-electron chi connectivity index (χ1n) is 10.4. The smallest absolute Gasteiger partial charge is 0.196 e. The highest BCUT2D eigenvalue weighted by atomic mass is 16.5. The third-order valence-corrected chi connectivity index (χ3v) is 4.30. The molecule has 0 fully saturated rings. The van der Waals surface area contributed by atoms with Gasteiger partial charge in [-0.3, -0.25) is 0 Å². The maximum absolute atomic E-state index is 5.75. The number of ether oxygens (including phenoxy) is 2. The summed E-state index contributed by atoms with van der Waals surface area (Å²) in [5.41, 5.74) is 0.917. The Morgan fingerprint density at radius 2 is 1.84 bits per heavy atom. The highest BCUT2D eigenvalue weighted by molar-refractivity contribution is 5.93. The molecular formula is C23H30N6O2. The maximum Gasteiger partial charge on any atom is 0.196 e. The van der Waals surface area contributed by atoms with Crippen molar-refractivity contribution in [1.29, 1.82) is 0 Å². The average Bonchev–Trinajstić information content (AvgIpc) is 3.18. The summed E-state index contributed by atoms with van der Waals surface area (Å²) in [5.74, 6) is 3.17.